The largest absolute Gasteiger partial charge is 0.280 e. The first-order chi connectivity index (χ1) is 9.16. The highest BCUT2D eigenvalue weighted by molar-refractivity contribution is 6.02. The van der Waals surface area contributed by atoms with Gasteiger partial charge in [-0.3, -0.25) is 9.36 Å². The van der Waals surface area contributed by atoms with Crippen LogP contribution in [0.2, 0.25) is 0 Å². The first-order valence-electron chi connectivity index (χ1n) is 6.04. The lowest BCUT2D eigenvalue weighted by Gasteiger charge is -2.06. The average molecular weight is 253 g/mol. The van der Waals surface area contributed by atoms with Crippen LogP contribution in [0.5, 0.6) is 0 Å². The maximum absolute atomic E-state index is 13.2. The molecule has 3 rings (SSSR count). The Balaban J connectivity index is 2.20. The van der Waals surface area contributed by atoms with Crippen LogP contribution >= 0.6 is 0 Å². The second-order valence-corrected chi connectivity index (χ2v) is 4.50. The van der Waals surface area contributed by atoms with Crippen LogP contribution in [-0.2, 0) is 0 Å². The lowest BCUT2D eigenvalue weighted by molar-refractivity contribution is 0.0963. The molecular formula is C16H12FNO. The lowest BCUT2D eigenvalue weighted by atomic mass is 10.2. The number of carbonyl (C=O) groups is 1. The molecule has 0 N–H and O–H groups in total. The molecule has 1 heterocycles. The fraction of sp³-hybridized carbons (Fsp3) is 0.0625. The Morgan fingerprint density at radius 2 is 1.79 bits per heavy atom. The molecule has 0 saturated heterocycles. The molecule has 0 fully saturated rings. The van der Waals surface area contributed by atoms with Crippen molar-refractivity contribution in [1.29, 1.82) is 0 Å². The van der Waals surface area contributed by atoms with E-state index in [0.29, 0.717) is 5.56 Å². The SMILES string of the molecule is Cc1cc2cc(F)ccc2n1C(=O)c1ccccc1. The zero-order valence-corrected chi connectivity index (χ0v) is 10.4. The number of nitrogens with zero attached hydrogens (tertiary/aromatic N) is 1. The van der Waals surface area contributed by atoms with Crippen molar-refractivity contribution in [3.8, 4) is 0 Å². The van der Waals surface area contributed by atoms with Gasteiger partial charge in [-0.15, -0.1) is 0 Å². The van der Waals surface area contributed by atoms with E-state index in [1.165, 1.54) is 12.1 Å². The number of hydrogen-bond donors (Lipinski definition) is 0. The predicted molar refractivity (Wildman–Crippen MR) is 72.8 cm³/mol. The summed E-state index contributed by atoms with van der Waals surface area (Å²) < 4.78 is 14.8. The van der Waals surface area contributed by atoms with E-state index in [4.69, 9.17) is 0 Å². The molecule has 0 saturated carbocycles. The van der Waals surface area contributed by atoms with Crippen molar-refractivity contribution in [2.24, 2.45) is 0 Å². The smallest absolute Gasteiger partial charge is 0.262 e. The maximum Gasteiger partial charge on any atom is 0.262 e. The topological polar surface area (TPSA) is 22.0 Å². The molecule has 0 amide bonds. The van der Waals surface area contributed by atoms with E-state index in [1.54, 1.807) is 22.8 Å². The van der Waals surface area contributed by atoms with Crippen LogP contribution in [0.3, 0.4) is 0 Å². The van der Waals surface area contributed by atoms with Gasteiger partial charge in [0, 0.05) is 16.6 Å². The number of carbonyl (C=O) groups excluding carboxylic acids is 1. The minimum Gasteiger partial charge on any atom is -0.280 e. The van der Waals surface area contributed by atoms with Gasteiger partial charge >= 0.3 is 0 Å². The summed E-state index contributed by atoms with van der Waals surface area (Å²) in [6.07, 6.45) is 0. The summed E-state index contributed by atoms with van der Waals surface area (Å²) in [4.78, 5) is 12.5. The minimum absolute atomic E-state index is 0.0975. The number of aromatic nitrogens is 1. The molecule has 2 nitrogen and oxygen atoms in total. The summed E-state index contributed by atoms with van der Waals surface area (Å²) >= 11 is 0. The van der Waals surface area contributed by atoms with Crippen LogP contribution < -0.4 is 0 Å². The predicted octanol–water partition coefficient (Wildman–Crippen LogP) is 3.78. The highest BCUT2D eigenvalue weighted by atomic mass is 19.1. The van der Waals surface area contributed by atoms with Crippen LogP contribution in [-0.4, -0.2) is 10.5 Å². The summed E-state index contributed by atoms with van der Waals surface area (Å²) in [7, 11) is 0. The van der Waals surface area contributed by atoms with Crippen molar-refractivity contribution < 1.29 is 9.18 Å². The molecule has 0 atom stereocenters. The highest BCUT2D eigenvalue weighted by Gasteiger charge is 2.14. The Morgan fingerprint density at radius 3 is 2.53 bits per heavy atom. The Hall–Kier alpha value is -2.42. The van der Waals surface area contributed by atoms with Crippen molar-refractivity contribution in [3.05, 3.63) is 71.7 Å². The van der Waals surface area contributed by atoms with Gasteiger partial charge in [0.2, 0.25) is 0 Å². The number of rotatable bonds is 1. The van der Waals surface area contributed by atoms with Gasteiger partial charge in [-0.05, 0) is 43.3 Å². The molecule has 0 aliphatic heterocycles. The third-order valence-corrected chi connectivity index (χ3v) is 3.17. The Labute approximate surface area is 110 Å². The van der Waals surface area contributed by atoms with Crippen molar-refractivity contribution in [2.45, 2.75) is 6.92 Å². The molecule has 0 aliphatic carbocycles. The third-order valence-electron chi connectivity index (χ3n) is 3.17. The quantitative estimate of drug-likeness (QED) is 0.647. The Morgan fingerprint density at radius 1 is 1.05 bits per heavy atom. The summed E-state index contributed by atoms with van der Waals surface area (Å²) in [5, 5.41) is 0.738. The molecule has 94 valence electrons. The normalized spacial score (nSPS) is 10.8. The number of aryl methyl sites for hydroxylation is 1. The Kier molecular flexibility index (Phi) is 2.67. The second kappa shape index (κ2) is 4.35. The molecule has 0 spiro atoms. The fourth-order valence-electron chi connectivity index (χ4n) is 2.30. The molecular weight excluding hydrogens is 241 g/mol. The van der Waals surface area contributed by atoms with Crippen LogP contribution in [0, 0.1) is 12.7 Å². The molecule has 3 heteroatoms. The highest BCUT2D eigenvalue weighted by Crippen LogP contribution is 2.21. The van der Waals surface area contributed by atoms with Gasteiger partial charge in [0.15, 0.2) is 0 Å². The summed E-state index contributed by atoms with van der Waals surface area (Å²) in [5.41, 5.74) is 2.15. The third kappa shape index (κ3) is 1.93. The second-order valence-electron chi connectivity index (χ2n) is 4.50. The number of halogens is 1. The van der Waals surface area contributed by atoms with Gasteiger partial charge in [-0.1, -0.05) is 18.2 Å². The van der Waals surface area contributed by atoms with E-state index in [9.17, 15) is 9.18 Å². The maximum atomic E-state index is 13.2. The van der Waals surface area contributed by atoms with Gasteiger partial charge in [0.05, 0.1) is 5.52 Å². The molecule has 0 radical (unpaired) electrons. The standard InChI is InChI=1S/C16H12FNO/c1-11-9-13-10-14(17)7-8-15(13)18(11)16(19)12-5-3-2-4-6-12/h2-10H,1H3. The first kappa shape index (κ1) is 11.7. The van der Waals surface area contributed by atoms with E-state index in [1.807, 2.05) is 31.2 Å². The van der Waals surface area contributed by atoms with Crippen molar-refractivity contribution in [3.63, 3.8) is 0 Å². The van der Waals surface area contributed by atoms with Crippen LogP contribution in [0.1, 0.15) is 16.1 Å². The van der Waals surface area contributed by atoms with E-state index in [-0.39, 0.29) is 11.7 Å². The molecule has 0 unspecified atom stereocenters. The molecule has 0 bridgehead atoms. The van der Waals surface area contributed by atoms with Gasteiger partial charge in [-0.25, -0.2) is 4.39 Å². The summed E-state index contributed by atoms with van der Waals surface area (Å²) in [6, 6.07) is 15.3. The zero-order chi connectivity index (χ0) is 13.4. The van der Waals surface area contributed by atoms with Crippen LogP contribution in [0.25, 0.3) is 10.9 Å². The lowest BCUT2D eigenvalue weighted by Crippen LogP contribution is -2.12. The van der Waals surface area contributed by atoms with Gasteiger partial charge in [0.25, 0.3) is 5.91 Å². The van der Waals surface area contributed by atoms with Crippen LogP contribution in [0.4, 0.5) is 4.39 Å². The van der Waals surface area contributed by atoms with Gasteiger partial charge in [-0.2, -0.15) is 0 Å². The fourth-order valence-corrected chi connectivity index (χ4v) is 2.30. The van der Waals surface area contributed by atoms with E-state index in [0.717, 1.165) is 16.6 Å². The molecule has 3 aromatic rings. The Bertz CT molecular complexity index is 759. The zero-order valence-electron chi connectivity index (χ0n) is 10.4. The van der Waals surface area contributed by atoms with Gasteiger partial charge in [0.1, 0.15) is 5.82 Å². The first-order valence-corrected chi connectivity index (χ1v) is 6.04. The van der Waals surface area contributed by atoms with Crippen LogP contribution in [0.15, 0.2) is 54.6 Å². The number of hydrogen-bond acceptors (Lipinski definition) is 1. The van der Waals surface area contributed by atoms with E-state index >= 15 is 0 Å². The molecule has 19 heavy (non-hydrogen) atoms. The van der Waals surface area contributed by atoms with Gasteiger partial charge < -0.3 is 0 Å². The van der Waals surface area contributed by atoms with Crippen molar-refractivity contribution >= 4 is 16.8 Å². The molecule has 1 aromatic heterocycles. The minimum atomic E-state index is -0.295. The van der Waals surface area contributed by atoms with E-state index < -0.39 is 0 Å². The van der Waals surface area contributed by atoms with Crippen molar-refractivity contribution in [2.75, 3.05) is 0 Å². The average Bonchev–Trinajstić information content (AvgIpc) is 2.74. The summed E-state index contributed by atoms with van der Waals surface area (Å²) in [6.45, 7) is 1.85. The monoisotopic (exact) mass is 253 g/mol. The number of fused-ring (bicyclic) bond motifs is 1. The van der Waals surface area contributed by atoms with Crippen molar-refractivity contribution in [1.82, 2.24) is 4.57 Å². The molecule has 0 aliphatic rings. The number of benzene rings is 2. The summed E-state index contributed by atoms with van der Waals surface area (Å²) in [5.74, 6) is -0.392. The molecule has 2 aromatic carbocycles. The van der Waals surface area contributed by atoms with E-state index in [2.05, 4.69) is 0 Å².